The number of Topliss-reactive ketones (excluding diaryl/α,β-unsaturated/α-hetero) is 1. The summed E-state index contributed by atoms with van der Waals surface area (Å²) in [6.45, 7) is -0.126. The van der Waals surface area contributed by atoms with Crippen LogP contribution in [0.25, 0.3) is 4.98 Å². The number of esters is 1. The van der Waals surface area contributed by atoms with Crippen molar-refractivity contribution >= 4 is 17.4 Å². The maximum atomic E-state index is 11.4. The normalized spacial score (nSPS) is 9.68. The summed E-state index contributed by atoms with van der Waals surface area (Å²) < 4.78 is 4.93. The monoisotopic (exact) mass is 263 g/mol. The molecule has 6 heteroatoms. The highest BCUT2D eigenvalue weighted by atomic mass is 16.5. The zero-order valence-corrected chi connectivity index (χ0v) is 10.4. The summed E-state index contributed by atoms with van der Waals surface area (Å²) in [6, 6.07) is 6.66. The summed E-state index contributed by atoms with van der Waals surface area (Å²) in [7, 11) is 0. The van der Waals surface area contributed by atoms with Crippen LogP contribution in [-0.4, -0.2) is 23.5 Å². The molecule has 0 atom stereocenters. The lowest BCUT2D eigenvalue weighted by Gasteiger charge is -2.03. The van der Waals surface area contributed by atoms with E-state index < -0.39 is 5.97 Å². The summed E-state index contributed by atoms with van der Waals surface area (Å²) >= 11 is 0. The smallest absolute Gasteiger partial charge is 0.391 e. The molecule has 0 aliphatic heterocycles. The van der Waals surface area contributed by atoms with E-state index in [9.17, 15) is 9.59 Å². The van der Waals surface area contributed by atoms with E-state index in [0.29, 0.717) is 17.7 Å². The Morgan fingerprint density at radius 1 is 1.32 bits per heavy atom. The summed E-state index contributed by atoms with van der Waals surface area (Å²) in [5, 5.41) is 17.3. The number of hydrogen-bond acceptors (Lipinski definition) is 5. The number of nitrogens with zero attached hydrogens (tertiary/aromatic N) is 2. The van der Waals surface area contributed by atoms with E-state index in [1.807, 2.05) is 0 Å². The number of rotatable bonds is 7. The third-order valence-corrected chi connectivity index (χ3v) is 2.44. The van der Waals surface area contributed by atoms with Gasteiger partial charge in [0.15, 0.2) is 4.98 Å². The molecule has 6 nitrogen and oxygen atoms in total. The quantitative estimate of drug-likeness (QED) is 0.461. The average Bonchev–Trinajstić information content (AvgIpc) is 2.43. The molecule has 0 saturated heterocycles. The molecule has 0 bridgehead atoms. The minimum Gasteiger partial charge on any atom is -0.460 e. The molecule has 1 aromatic rings. The van der Waals surface area contributed by atoms with Crippen molar-refractivity contribution in [1.29, 1.82) is 5.39 Å². The third kappa shape index (κ3) is 5.27. The molecule has 0 aromatic heterocycles. The zero-order chi connectivity index (χ0) is 14.1. The molecule has 0 radical (unpaired) electrons. The molecule has 100 valence electrons. The van der Waals surface area contributed by atoms with E-state index in [2.05, 4.69) is 4.98 Å². The van der Waals surface area contributed by atoms with E-state index in [1.165, 1.54) is 0 Å². The third-order valence-electron chi connectivity index (χ3n) is 2.44. The molecule has 0 amide bonds. The van der Waals surface area contributed by atoms with Gasteiger partial charge in [-0.25, -0.2) is 0 Å². The largest absolute Gasteiger partial charge is 0.460 e. The van der Waals surface area contributed by atoms with E-state index in [4.69, 9.17) is 15.2 Å². The van der Waals surface area contributed by atoms with Crippen molar-refractivity contribution in [2.45, 2.75) is 25.9 Å². The maximum Gasteiger partial charge on any atom is 0.391 e. The van der Waals surface area contributed by atoms with Crippen molar-refractivity contribution in [2.24, 2.45) is 0 Å². The minimum absolute atomic E-state index is 0.0493. The molecule has 1 N–H and O–H groups in total. The number of ether oxygens (including phenoxy) is 1. The van der Waals surface area contributed by atoms with Gasteiger partial charge in [0.25, 0.3) is 0 Å². The highest BCUT2D eigenvalue weighted by Gasteiger charge is 2.15. The van der Waals surface area contributed by atoms with Crippen molar-refractivity contribution in [1.82, 2.24) is 0 Å². The fraction of sp³-hybridized carbons (Fsp3) is 0.385. The highest BCUT2D eigenvalue weighted by Crippen LogP contribution is 2.19. The van der Waals surface area contributed by atoms with Crippen LogP contribution in [0.1, 0.15) is 24.8 Å². The molecule has 19 heavy (non-hydrogen) atoms. The zero-order valence-electron chi connectivity index (χ0n) is 10.4. The molecule has 0 spiro atoms. The predicted octanol–water partition coefficient (Wildman–Crippen LogP) is 1.95. The van der Waals surface area contributed by atoms with E-state index in [1.54, 1.807) is 24.3 Å². The number of carbonyl (C=O) groups is 2. The Labute approximate surface area is 110 Å². The lowest BCUT2D eigenvalue weighted by atomic mass is 10.2. The number of carbonyl (C=O) groups excluding carboxylic acids is 2. The molecule has 1 rings (SSSR count). The van der Waals surface area contributed by atoms with Crippen molar-refractivity contribution in [3.8, 4) is 0 Å². The van der Waals surface area contributed by atoms with Crippen LogP contribution in [0.4, 0.5) is 5.69 Å². The Kier molecular flexibility index (Phi) is 6.19. The average molecular weight is 263 g/mol. The first-order valence-corrected chi connectivity index (χ1v) is 5.88. The minimum atomic E-state index is -0.629. The summed E-state index contributed by atoms with van der Waals surface area (Å²) in [5.74, 6) is -0.894. The second kappa shape index (κ2) is 7.95. The lowest BCUT2D eigenvalue weighted by Crippen LogP contribution is -2.11. The molecule has 0 heterocycles. The first-order chi connectivity index (χ1) is 9.17. The second-order valence-corrected chi connectivity index (χ2v) is 3.93. The Morgan fingerprint density at radius 2 is 2.05 bits per heavy atom. The summed E-state index contributed by atoms with van der Waals surface area (Å²) in [6.07, 6.45) is 0.199. The summed E-state index contributed by atoms with van der Waals surface area (Å²) in [5.41, 5.74) is 0.878. The molecule has 0 saturated carbocycles. The fourth-order valence-electron chi connectivity index (χ4n) is 1.47. The van der Waals surface area contributed by atoms with Gasteiger partial charge >= 0.3 is 11.7 Å². The molecule has 1 aromatic carbocycles. The van der Waals surface area contributed by atoms with Crippen molar-refractivity contribution in [3.05, 3.63) is 34.8 Å². The van der Waals surface area contributed by atoms with Crippen LogP contribution in [0.15, 0.2) is 24.3 Å². The lowest BCUT2D eigenvalue weighted by molar-refractivity contribution is -0.147. The molecular formula is C13H15N2O4+. The summed E-state index contributed by atoms with van der Waals surface area (Å²) in [4.78, 5) is 25.7. The van der Waals surface area contributed by atoms with Gasteiger partial charge in [0, 0.05) is 19.1 Å². The van der Waals surface area contributed by atoms with Crippen LogP contribution in [0, 0.1) is 5.39 Å². The number of aliphatic hydroxyl groups is 1. The molecule has 0 aliphatic carbocycles. The number of benzene rings is 1. The predicted molar refractivity (Wildman–Crippen MR) is 66.9 cm³/mol. The van der Waals surface area contributed by atoms with Gasteiger partial charge in [-0.2, -0.15) is 0 Å². The Hall–Kier alpha value is -2.26. The van der Waals surface area contributed by atoms with Crippen molar-refractivity contribution in [3.63, 3.8) is 0 Å². The number of diazo groups is 1. The van der Waals surface area contributed by atoms with Crippen LogP contribution in [0.5, 0.6) is 0 Å². The van der Waals surface area contributed by atoms with Gasteiger partial charge in [-0.1, -0.05) is 12.1 Å². The van der Waals surface area contributed by atoms with E-state index in [-0.39, 0.29) is 31.8 Å². The molecule has 0 aliphatic rings. The van der Waals surface area contributed by atoms with E-state index in [0.717, 1.165) is 0 Å². The van der Waals surface area contributed by atoms with Gasteiger partial charge < -0.3 is 9.84 Å². The molecule has 0 fully saturated rings. The van der Waals surface area contributed by atoms with Gasteiger partial charge in [0.1, 0.15) is 18.8 Å². The molecule has 0 unspecified atom stereocenters. The van der Waals surface area contributed by atoms with Crippen LogP contribution >= 0.6 is 0 Å². The standard InChI is InChI=1S/C13H15N2O4/c14-15-12-6-2-1-4-10(12)9-19-13(18)8-11(17)5-3-7-16/h1-2,4,6,16H,3,5,7-9H2/q+1. The SMILES string of the molecule is N#[N+]c1ccccc1COC(=O)CC(=O)CCCO. The second-order valence-electron chi connectivity index (χ2n) is 3.93. The topological polar surface area (TPSA) is 91.8 Å². The van der Waals surface area contributed by atoms with Crippen LogP contribution in [0.2, 0.25) is 0 Å². The Bertz CT molecular complexity index is 494. The van der Waals surface area contributed by atoms with Crippen LogP contribution in [-0.2, 0) is 20.9 Å². The Morgan fingerprint density at radius 3 is 2.74 bits per heavy atom. The van der Waals surface area contributed by atoms with Crippen molar-refractivity contribution < 1.29 is 19.4 Å². The van der Waals surface area contributed by atoms with Gasteiger partial charge in [-0.05, 0) is 12.5 Å². The van der Waals surface area contributed by atoms with Gasteiger partial charge in [0.05, 0.1) is 5.56 Å². The molecular weight excluding hydrogens is 248 g/mol. The number of hydrogen-bond donors (Lipinski definition) is 1. The number of ketones is 1. The van der Waals surface area contributed by atoms with Gasteiger partial charge in [0.2, 0.25) is 5.39 Å². The number of aliphatic hydroxyl groups excluding tert-OH is 1. The van der Waals surface area contributed by atoms with Crippen LogP contribution < -0.4 is 0 Å². The van der Waals surface area contributed by atoms with E-state index >= 15 is 0 Å². The van der Waals surface area contributed by atoms with Crippen LogP contribution in [0.3, 0.4) is 0 Å². The maximum absolute atomic E-state index is 11.4. The Balaban J connectivity index is 2.42. The fourth-order valence-corrected chi connectivity index (χ4v) is 1.47. The highest BCUT2D eigenvalue weighted by molar-refractivity contribution is 5.95. The van der Waals surface area contributed by atoms with Gasteiger partial charge in [-0.15, -0.1) is 0 Å². The van der Waals surface area contributed by atoms with Crippen molar-refractivity contribution in [2.75, 3.05) is 6.61 Å². The first-order valence-electron chi connectivity index (χ1n) is 5.88. The first kappa shape index (κ1) is 14.8. The van der Waals surface area contributed by atoms with Gasteiger partial charge in [-0.3, -0.25) is 9.59 Å².